The number of carbonyl (C=O) groups is 9. The lowest BCUT2D eigenvalue weighted by Gasteiger charge is -2.49. The van der Waals surface area contributed by atoms with Crippen LogP contribution in [0.2, 0.25) is 0 Å². The average molecular weight is 1140 g/mol. The number of thiazole rings is 2. The highest BCUT2D eigenvalue weighted by Gasteiger charge is 2.56. The summed E-state index contributed by atoms with van der Waals surface area (Å²) < 4.78 is 4.88. The van der Waals surface area contributed by atoms with E-state index in [9.17, 15) is 53.4 Å². The Hall–Kier alpha value is -7.47. The number of aliphatic imine (C=N–C) groups is 1. The highest BCUT2D eigenvalue weighted by Crippen LogP contribution is 2.42. The molecule has 2 aromatic heterocycles. The summed E-state index contributed by atoms with van der Waals surface area (Å²) in [6.07, 6.45) is 0.451. The summed E-state index contributed by atoms with van der Waals surface area (Å²) in [5.41, 5.74) is 23.1. The topological polar surface area (TPSA) is 463 Å². The Bertz CT molecular complexity index is 2850. The Morgan fingerprint density at radius 3 is 1.65 bits per heavy atom. The molecule has 35 heteroatoms. The number of aromatic nitrogens is 2. The number of aliphatic carboxylic acids is 4. The van der Waals surface area contributed by atoms with Gasteiger partial charge in [-0.2, -0.15) is 0 Å². The Labute approximate surface area is 443 Å². The number of carbonyl (C=O) groups excluding carboxylic acids is 5. The number of likely N-dealkylation sites (N-methyl/N-ethyl adjacent to an activating group) is 1. The van der Waals surface area contributed by atoms with Crippen molar-refractivity contribution in [3.05, 3.63) is 56.6 Å². The van der Waals surface area contributed by atoms with Gasteiger partial charge in [-0.15, -0.1) is 46.2 Å². The number of nitrogens with two attached hydrogens (primary N) is 4. The Morgan fingerprint density at radius 1 is 0.773 bits per heavy atom. The van der Waals surface area contributed by atoms with Crippen LogP contribution in [0.1, 0.15) is 38.1 Å². The minimum absolute atomic E-state index is 0.0602. The van der Waals surface area contributed by atoms with E-state index < -0.39 is 82.5 Å². The number of β-lactam (4-membered cyclic amide) rings is 2. The molecule has 0 bridgehead atoms. The van der Waals surface area contributed by atoms with E-state index in [1.165, 1.54) is 53.0 Å². The number of esters is 1. The molecule has 5 aliphatic heterocycles. The number of nitrogen functional groups attached to an aromatic ring is 2. The molecule has 402 valence electrons. The van der Waals surface area contributed by atoms with Crippen molar-refractivity contribution in [2.45, 2.75) is 55.7 Å². The second-order valence-corrected chi connectivity index (χ2v) is 20.5. The van der Waals surface area contributed by atoms with Gasteiger partial charge in [0.25, 0.3) is 23.6 Å². The first kappa shape index (κ1) is 56.8. The molecular weight excluding hydrogens is 1090 g/mol. The number of anilines is 2. The largest absolute Gasteiger partial charge is 0.481 e. The SMILES string of the molecule is CC(=O)OCC1=C(C(=O)O)N2C(=O)C(NC(=O)/C(=N\OCCC(=O)O)c3csc(N)n3)[C@@H]2SC1.CCN1C(SCC2=C(C(=O)O)N3C(=O)C(NC(=O)/C(=N\OCCC(=O)O)c4csc(N)n4)[C@@H]3SC2)=NC(N)=CC1N. The van der Waals surface area contributed by atoms with Crippen molar-refractivity contribution in [2.75, 3.05) is 55.1 Å². The Morgan fingerprint density at radius 2 is 1.24 bits per heavy atom. The lowest BCUT2D eigenvalue weighted by atomic mass is 10.0. The van der Waals surface area contributed by atoms with Crippen LogP contribution in [0.4, 0.5) is 10.3 Å². The number of carboxylic acids is 4. The molecule has 0 aliphatic carbocycles. The van der Waals surface area contributed by atoms with Crippen molar-refractivity contribution in [1.82, 2.24) is 35.3 Å². The van der Waals surface area contributed by atoms with Crippen LogP contribution in [0.5, 0.6) is 0 Å². The predicted octanol–water partition coefficient (Wildman–Crippen LogP) is -1.61. The summed E-state index contributed by atoms with van der Waals surface area (Å²) >= 11 is 5.84. The zero-order chi connectivity index (χ0) is 54.8. The lowest BCUT2D eigenvalue weighted by molar-refractivity contribution is -0.150. The molecule has 0 radical (unpaired) electrons. The summed E-state index contributed by atoms with van der Waals surface area (Å²) in [6.45, 7) is 2.77. The van der Waals surface area contributed by atoms with Gasteiger partial charge in [0.15, 0.2) is 26.9 Å². The maximum atomic E-state index is 13.1. The van der Waals surface area contributed by atoms with Crippen LogP contribution in [0, 0.1) is 0 Å². The molecule has 14 N–H and O–H groups in total. The molecule has 0 saturated carbocycles. The van der Waals surface area contributed by atoms with Crippen LogP contribution in [0.3, 0.4) is 0 Å². The molecule has 0 spiro atoms. The minimum Gasteiger partial charge on any atom is -0.481 e. The zero-order valence-electron chi connectivity index (χ0n) is 39.1. The highest BCUT2D eigenvalue weighted by molar-refractivity contribution is 8.14. The summed E-state index contributed by atoms with van der Waals surface area (Å²) in [4.78, 5) is 135. The van der Waals surface area contributed by atoms with Gasteiger partial charge in [0, 0.05) is 47.1 Å². The standard InChI is InChI=1S/C22H27N9O7S3.C18H19N5O9S2/c1-2-30-12(24)5-11(23)27-22(30)41-7-9-6-39-19-15(18(35)31(19)16(9)20(36)37)28-17(34)14(10-8-40-21(25)26-10)29-38-4-3-13(32)33;1-7(24)31-4-8-5-33-16-12(15(28)23(16)13(8)17(29)30)21-14(27)11(9-6-34-18(19)20-9)22-32-3-2-10(25)26/h5,8,12,15,19H,2-4,6-7,23-24H2,1H3,(H2,25,26)(H,28,34)(H,32,33)(H,36,37);6,12,16H,2-5H2,1H3,(H2,19,20)(H,21,27)(H,25,26)(H,29,30)/b29-14-;22-11-/t12?,15?,19-;12?,16-/m00/s1. The van der Waals surface area contributed by atoms with Gasteiger partial charge in [-0.25, -0.2) is 24.5 Å². The van der Waals surface area contributed by atoms with E-state index in [2.05, 4.69) is 35.9 Å². The highest BCUT2D eigenvalue weighted by atomic mass is 32.2. The number of fused-ring (bicyclic) bond motifs is 2. The van der Waals surface area contributed by atoms with Gasteiger partial charge >= 0.3 is 29.8 Å². The van der Waals surface area contributed by atoms with Crippen LogP contribution in [-0.2, 0) is 57.6 Å². The number of rotatable bonds is 21. The molecule has 5 atom stereocenters. The lowest BCUT2D eigenvalue weighted by Crippen LogP contribution is -2.71. The van der Waals surface area contributed by atoms with E-state index >= 15 is 0 Å². The van der Waals surface area contributed by atoms with E-state index in [0.717, 1.165) is 32.5 Å². The van der Waals surface area contributed by atoms with Gasteiger partial charge in [0.05, 0.1) is 12.8 Å². The first-order valence-electron chi connectivity index (χ1n) is 21.6. The molecular formula is C40H46N14O16S5. The molecule has 2 saturated heterocycles. The number of carboxylic acid groups (broad SMARTS) is 4. The fourth-order valence-electron chi connectivity index (χ4n) is 7.10. The van der Waals surface area contributed by atoms with Crippen LogP contribution in [-0.4, -0.2) is 188 Å². The molecule has 2 fully saturated rings. The predicted molar refractivity (Wildman–Crippen MR) is 271 cm³/mol. The van der Waals surface area contributed by atoms with Gasteiger partial charge in [0.2, 0.25) is 0 Å². The maximum absolute atomic E-state index is 13.1. The summed E-state index contributed by atoms with van der Waals surface area (Å²) in [7, 11) is 0. The second kappa shape index (κ2) is 25.2. The normalized spacial score (nSPS) is 21.2. The van der Waals surface area contributed by atoms with Gasteiger partial charge in [-0.3, -0.25) is 43.4 Å². The number of amidine groups is 1. The molecule has 7 rings (SSSR count). The number of hydrogen-bond acceptors (Lipinski definition) is 27. The van der Waals surface area contributed by atoms with E-state index in [-0.39, 0.29) is 106 Å². The van der Waals surface area contributed by atoms with E-state index in [4.69, 9.17) is 47.6 Å². The smallest absolute Gasteiger partial charge is 0.352 e. The van der Waals surface area contributed by atoms with Gasteiger partial charge in [-0.05, 0) is 18.6 Å². The van der Waals surface area contributed by atoms with Gasteiger partial charge in [-0.1, -0.05) is 22.1 Å². The fraction of sp³-hybridized carbons (Fsp3) is 0.400. The summed E-state index contributed by atoms with van der Waals surface area (Å²) in [5.74, 6) is -7.46. The van der Waals surface area contributed by atoms with Crippen molar-refractivity contribution < 1.29 is 78.0 Å². The van der Waals surface area contributed by atoms with E-state index in [1.807, 2.05) is 11.8 Å². The maximum Gasteiger partial charge on any atom is 0.352 e. The second-order valence-electron chi connectivity index (χ2n) is 15.5. The number of oxime groups is 2. The van der Waals surface area contributed by atoms with Crippen molar-refractivity contribution in [3.63, 3.8) is 0 Å². The molecule has 3 unspecified atom stereocenters. The van der Waals surface area contributed by atoms with Crippen LogP contribution < -0.4 is 33.6 Å². The Kier molecular flexibility index (Phi) is 19.1. The number of ether oxygens (including phenoxy) is 1. The molecule has 7 heterocycles. The number of nitrogens with one attached hydrogen (secondary N) is 2. The zero-order valence-corrected chi connectivity index (χ0v) is 43.2. The van der Waals surface area contributed by atoms with Crippen LogP contribution in [0.15, 0.2) is 60.5 Å². The number of hydrogen-bond donors (Lipinski definition) is 10. The van der Waals surface area contributed by atoms with Crippen LogP contribution >= 0.6 is 58.0 Å². The number of nitrogens with zero attached hydrogens (tertiary/aromatic N) is 8. The Balaban J connectivity index is 0.000000248. The minimum atomic E-state index is -1.36. The third kappa shape index (κ3) is 13.6. The molecule has 4 amide bonds. The third-order valence-electron chi connectivity index (χ3n) is 10.5. The monoisotopic (exact) mass is 1140 g/mol. The van der Waals surface area contributed by atoms with E-state index in [1.54, 1.807) is 6.08 Å². The fourth-order valence-corrected chi connectivity index (χ4v) is 12.1. The number of thioether (sulfide) groups is 3. The van der Waals surface area contributed by atoms with Crippen LogP contribution in [0.25, 0.3) is 0 Å². The van der Waals surface area contributed by atoms with Crippen molar-refractivity contribution >= 4 is 138 Å². The van der Waals surface area contributed by atoms with Crippen molar-refractivity contribution in [2.24, 2.45) is 26.8 Å². The number of amides is 4. The van der Waals surface area contributed by atoms with Gasteiger partial charge in [0.1, 0.15) is 77.4 Å². The van der Waals surface area contributed by atoms with E-state index in [0.29, 0.717) is 17.3 Å². The molecule has 30 nitrogen and oxygen atoms in total. The van der Waals surface area contributed by atoms with Crippen molar-refractivity contribution in [1.29, 1.82) is 0 Å². The first-order chi connectivity index (χ1) is 35.6. The summed E-state index contributed by atoms with van der Waals surface area (Å²) in [5, 5.41) is 51.9. The van der Waals surface area contributed by atoms with Gasteiger partial charge < -0.3 is 73.3 Å². The first-order valence-corrected chi connectivity index (χ1v) is 26.5. The molecule has 75 heavy (non-hydrogen) atoms. The summed E-state index contributed by atoms with van der Waals surface area (Å²) in [6, 6.07) is -2.11. The molecule has 5 aliphatic rings. The average Bonchev–Trinajstić information content (AvgIpc) is 3.99. The molecule has 0 aromatic carbocycles. The molecule has 2 aromatic rings. The quantitative estimate of drug-likeness (QED) is 0.0221. The third-order valence-corrected chi connectivity index (χ3v) is 15.6. The van der Waals surface area contributed by atoms with Crippen molar-refractivity contribution in [3.8, 4) is 0 Å².